The van der Waals surface area contributed by atoms with Crippen molar-refractivity contribution < 1.29 is 19.8 Å². The van der Waals surface area contributed by atoms with Crippen LogP contribution in [0.1, 0.15) is 12.5 Å². The Morgan fingerprint density at radius 1 is 1.16 bits per heavy atom. The highest BCUT2D eigenvalue weighted by Crippen LogP contribution is 2.41. The fraction of sp³-hybridized carbons (Fsp3) is 0.200. The first kappa shape index (κ1) is 13.1. The molecule has 0 heterocycles. The molecule has 0 amide bonds. The van der Waals surface area contributed by atoms with Gasteiger partial charge in [0.1, 0.15) is 5.41 Å². The second-order valence-corrected chi connectivity index (χ2v) is 4.55. The van der Waals surface area contributed by atoms with Crippen LogP contribution in [-0.2, 0) is 15.0 Å². The van der Waals surface area contributed by atoms with Crippen LogP contribution in [0.3, 0.4) is 0 Å². The van der Waals surface area contributed by atoms with Crippen LogP contribution < -0.4 is 0 Å². The van der Waals surface area contributed by atoms with E-state index in [4.69, 9.17) is 0 Å². The Balaban J connectivity index is 2.61. The highest BCUT2D eigenvalue weighted by molar-refractivity contribution is 5.93. The molecule has 0 spiro atoms. The monoisotopic (exact) mass is 258 g/mol. The van der Waals surface area contributed by atoms with Gasteiger partial charge in [0, 0.05) is 11.5 Å². The van der Waals surface area contributed by atoms with Crippen LogP contribution in [0.25, 0.3) is 0 Å². The summed E-state index contributed by atoms with van der Waals surface area (Å²) >= 11 is 0. The van der Waals surface area contributed by atoms with Gasteiger partial charge in [0.15, 0.2) is 0 Å². The molecule has 1 aliphatic carbocycles. The molecular formula is C15H14O4. The summed E-state index contributed by atoms with van der Waals surface area (Å²) < 4.78 is 0. The average molecular weight is 258 g/mol. The molecule has 0 bridgehead atoms. The molecule has 19 heavy (non-hydrogen) atoms. The third-order valence-corrected chi connectivity index (χ3v) is 3.64. The Labute approximate surface area is 110 Å². The van der Waals surface area contributed by atoms with Gasteiger partial charge in [0.25, 0.3) is 0 Å². The van der Waals surface area contributed by atoms with Crippen molar-refractivity contribution in [3.63, 3.8) is 0 Å². The van der Waals surface area contributed by atoms with E-state index >= 15 is 0 Å². The second-order valence-electron chi connectivity index (χ2n) is 4.55. The second kappa shape index (κ2) is 4.72. The van der Waals surface area contributed by atoms with Gasteiger partial charge in [0.05, 0.1) is 0 Å². The number of hydrogen-bond acceptors (Lipinski definition) is 2. The van der Waals surface area contributed by atoms with E-state index < -0.39 is 23.3 Å². The molecule has 0 saturated heterocycles. The van der Waals surface area contributed by atoms with Gasteiger partial charge in [-0.1, -0.05) is 55.5 Å². The summed E-state index contributed by atoms with van der Waals surface area (Å²) in [5, 5.41) is 18.8. The number of allylic oxidation sites excluding steroid dienone is 2. The zero-order valence-electron chi connectivity index (χ0n) is 10.4. The van der Waals surface area contributed by atoms with E-state index in [0.717, 1.165) is 0 Å². The largest absolute Gasteiger partial charge is 0.480 e. The van der Waals surface area contributed by atoms with E-state index in [2.05, 4.69) is 0 Å². The lowest BCUT2D eigenvalue weighted by Crippen LogP contribution is -2.43. The summed E-state index contributed by atoms with van der Waals surface area (Å²) in [7, 11) is 0. The van der Waals surface area contributed by atoms with Gasteiger partial charge >= 0.3 is 11.9 Å². The lowest BCUT2D eigenvalue weighted by atomic mass is 9.66. The van der Waals surface area contributed by atoms with Crippen LogP contribution in [0.15, 0.2) is 54.1 Å². The molecule has 0 aromatic heterocycles. The molecule has 2 unspecified atom stereocenters. The lowest BCUT2D eigenvalue weighted by Gasteiger charge is -2.35. The molecule has 2 N–H and O–H groups in total. The average Bonchev–Trinajstić information content (AvgIpc) is 2.39. The molecule has 1 aromatic carbocycles. The van der Waals surface area contributed by atoms with Gasteiger partial charge < -0.3 is 10.2 Å². The minimum Gasteiger partial charge on any atom is -0.480 e. The van der Waals surface area contributed by atoms with Crippen molar-refractivity contribution in [2.24, 2.45) is 5.92 Å². The Bertz CT molecular complexity index is 571. The van der Waals surface area contributed by atoms with Crippen LogP contribution in [0.5, 0.6) is 0 Å². The summed E-state index contributed by atoms with van der Waals surface area (Å²) in [5.74, 6) is -2.78. The first-order valence-electron chi connectivity index (χ1n) is 5.91. The third kappa shape index (κ3) is 1.95. The smallest absolute Gasteiger partial charge is 0.331 e. The third-order valence-electron chi connectivity index (χ3n) is 3.64. The van der Waals surface area contributed by atoms with Crippen LogP contribution in [-0.4, -0.2) is 22.2 Å². The zero-order chi connectivity index (χ0) is 14.0. The molecule has 0 fully saturated rings. The van der Waals surface area contributed by atoms with E-state index in [1.54, 1.807) is 43.3 Å². The first-order valence-corrected chi connectivity index (χ1v) is 5.91. The lowest BCUT2D eigenvalue weighted by molar-refractivity contribution is -0.143. The molecule has 0 aliphatic heterocycles. The number of aliphatic carboxylic acids is 2. The quantitative estimate of drug-likeness (QED) is 0.871. The molecule has 1 aromatic rings. The number of hydrogen-bond donors (Lipinski definition) is 2. The predicted octanol–water partition coefficient (Wildman–Crippen LogP) is 2.23. The molecule has 4 nitrogen and oxygen atoms in total. The van der Waals surface area contributed by atoms with Crippen LogP contribution in [0, 0.1) is 5.92 Å². The van der Waals surface area contributed by atoms with Crippen molar-refractivity contribution in [3.8, 4) is 0 Å². The van der Waals surface area contributed by atoms with Crippen molar-refractivity contribution in [1.29, 1.82) is 0 Å². The molecular weight excluding hydrogens is 244 g/mol. The molecule has 2 atom stereocenters. The van der Waals surface area contributed by atoms with E-state index in [-0.39, 0.29) is 5.57 Å². The van der Waals surface area contributed by atoms with Gasteiger partial charge in [-0.2, -0.15) is 0 Å². The maximum atomic E-state index is 11.8. The minimum absolute atomic E-state index is 0.105. The normalized spacial score (nSPS) is 25.7. The molecule has 98 valence electrons. The van der Waals surface area contributed by atoms with Crippen molar-refractivity contribution >= 4 is 11.9 Å². The van der Waals surface area contributed by atoms with E-state index in [9.17, 15) is 19.8 Å². The summed E-state index contributed by atoms with van der Waals surface area (Å²) in [6, 6.07) is 8.71. The van der Waals surface area contributed by atoms with Gasteiger partial charge in [-0.05, 0) is 5.56 Å². The van der Waals surface area contributed by atoms with Gasteiger partial charge in [-0.25, -0.2) is 4.79 Å². The summed E-state index contributed by atoms with van der Waals surface area (Å²) in [6.07, 6.45) is 4.52. The Kier molecular flexibility index (Phi) is 3.25. The van der Waals surface area contributed by atoms with Crippen molar-refractivity contribution in [2.75, 3.05) is 0 Å². The zero-order valence-corrected chi connectivity index (χ0v) is 10.4. The standard InChI is InChI=1S/C15H14O4/c1-10-12(13(16)17)8-5-9-15(10,14(18)19)11-6-3-2-4-7-11/h2-10H,1H3,(H,16,17)(H,18,19). The maximum Gasteiger partial charge on any atom is 0.331 e. The maximum absolute atomic E-state index is 11.8. The van der Waals surface area contributed by atoms with Crippen molar-refractivity contribution in [2.45, 2.75) is 12.3 Å². The molecule has 2 rings (SSSR count). The number of carbonyl (C=O) groups is 2. The van der Waals surface area contributed by atoms with Gasteiger partial charge in [0.2, 0.25) is 0 Å². The Hall–Kier alpha value is -2.36. The number of carboxylic acids is 2. The summed E-state index contributed by atoms with van der Waals surface area (Å²) in [4.78, 5) is 23.0. The Morgan fingerprint density at radius 2 is 1.79 bits per heavy atom. The predicted molar refractivity (Wildman–Crippen MR) is 69.8 cm³/mol. The fourth-order valence-corrected chi connectivity index (χ4v) is 2.53. The van der Waals surface area contributed by atoms with Crippen LogP contribution >= 0.6 is 0 Å². The molecule has 0 saturated carbocycles. The number of benzene rings is 1. The van der Waals surface area contributed by atoms with E-state index in [0.29, 0.717) is 5.56 Å². The van der Waals surface area contributed by atoms with E-state index in [1.165, 1.54) is 12.2 Å². The highest BCUT2D eigenvalue weighted by Gasteiger charge is 2.47. The van der Waals surface area contributed by atoms with Crippen LogP contribution in [0.2, 0.25) is 0 Å². The Morgan fingerprint density at radius 3 is 2.32 bits per heavy atom. The molecule has 4 heteroatoms. The number of rotatable bonds is 3. The highest BCUT2D eigenvalue weighted by atomic mass is 16.4. The van der Waals surface area contributed by atoms with Crippen molar-refractivity contribution in [1.82, 2.24) is 0 Å². The fourth-order valence-electron chi connectivity index (χ4n) is 2.53. The topological polar surface area (TPSA) is 74.6 Å². The minimum atomic E-state index is -1.33. The first-order chi connectivity index (χ1) is 9.00. The summed E-state index contributed by atoms with van der Waals surface area (Å²) in [5.41, 5.74) is -0.643. The van der Waals surface area contributed by atoms with Gasteiger partial charge in [-0.15, -0.1) is 0 Å². The molecule has 1 aliphatic rings. The van der Waals surface area contributed by atoms with Crippen molar-refractivity contribution in [3.05, 3.63) is 59.7 Å². The SMILES string of the molecule is CC1C(C(=O)O)=CC=CC1(C(=O)O)c1ccccc1. The summed E-state index contributed by atoms with van der Waals surface area (Å²) in [6.45, 7) is 1.63. The van der Waals surface area contributed by atoms with Gasteiger partial charge in [-0.3, -0.25) is 4.79 Å². The van der Waals surface area contributed by atoms with Crippen LogP contribution in [0.4, 0.5) is 0 Å². The van der Waals surface area contributed by atoms with E-state index in [1.807, 2.05) is 0 Å². The molecule has 0 radical (unpaired) electrons. The number of carboxylic acid groups (broad SMARTS) is 2.